The standard InChI is InChI=1S/C15H11ClN2O/c16-11-2-4-14-13(8-11)18-15(19-14)10-1-3-12-9(7-10)5-6-17-12/h1-4,7-8,17H,5-6H2. The molecule has 1 aromatic heterocycles. The first-order chi connectivity index (χ1) is 9.29. The molecule has 94 valence electrons. The number of benzene rings is 2. The van der Waals surface area contributed by atoms with Gasteiger partial charge in [-0.15, -0.1) is 0 Å². The second kappa shape index (κ2) is 4.00. The van der Waals surface area contributed by atoms with Gasteiger partial charge in [-0.3, -0.25) is 0 Å². The van der Waals surface area contributed by atoms with E-state index in [0.717, 1.165) is 29.6 Å². The third kappa shape index (κ3) is 1.78. The highest BCUT2D eigenvalue weighted by Crippen LogP contribution is 2.30. The highest BCUT2D eigenvalue weighted by Gasteiger charge is 2.14. The van der Waals surface area contributed by atoms with E-state index in [2.05, 4.69) is 22.4 Å². The number of anilines is 1. The van der Waals surface area contributed by atoms with Crippen LogP contribution in [-0.2, 0) is 6.42 Å². The molecule has 19 heavy (non-hydrogen) atoms. The fourth-order valence-electron chi connectivity index (χ4n) is 2.46. The van der Waals surface area contributed by atoms with Gasteiger partial charge in [0, 0.05) is 22.8 Å². The van der Waals surface area contributed by atoms with Crippen LogP contribution in [0.4, 0.5) is 5.69 Å². The normalized spacial score (nSPS) is 13.5. The molecule has 1 N–H and O–H groups in total. The average Bonchev–Trinajstić information content (AvgIpc) is 3.02. The zero-order chi connectivity index (χ0) is 12.8. The third-order valence-corrected chi connectivity index (χ3v) is 3.65. The summed E-state index contributed by atoms with van der Waals surface area (Å²) in [5.41, 5.74) is 5.09. The summed E-state index contributed by atoms with van der Waals surface area (Å²) in [6.45, 7) is 1.00. The minimum Gasteiger partial charge on any atom is -0.436 e. The average molecular weight is 271 g/mol. The van der Waals surface area contributed by atoms with E-state index in [-0.39, 0.29) is 0 Å². The fraction of sp³-hybridized carbons (Fsp3) is 0.133. The van der Waals surface area contributed by atoms with E-state index in [1.165, 1.54) is 11.3 Å². The lowest BCUT2D eigenvalue weighted by Gasteiger charge is -2.00. The smallest absolute Gasteiger partial charge is 0.227 e. The molecule has 2 aromatic carbocycles. The number of oxazole rings is 1. The summed E-state index contributed by atoms with van der Waals surface area (Å²) in [5.74, 6) is 0.645. The summed E-state index contributed by atoms with van der Waals surface area (Å²) in [6, 6.07) is 11.7. The molecule has 2 heterocycles. The van der Waals surface area contributed by atoms with Gasteiger partial charge in [0.15, 0.2) is 5.58 Å². The Morgan fingerprint density at radius 1 is 1.16 bits per heavy atom. The SMILES string of the molecule is Clc1ccc2oc(-c3ccc4c(c3)CCN4)nc2c1. The monoisotopic (exact) mass is 270 g/mol. The zero-order valence-corrected chi connectivity index (χ0v) is 10.9. The van der Waals surface area contributed by atoms with Gasteiger partial charge in [0.25, 0.3) is 0 Å². The van der Waals surface area contributed by atoms with Crippen molar-refractivity contribution in [1.29, 1.82) is 0 Å². The van der Waals surface area contributed by atoms with Crippen LogP contribution in [0.3, 0.4) is 0 Å². The number of nitrogens with zero attached hydrogens (tertiary/aromatic N) is 1. The van der Waals surface area contributed by atoms with Crippen molar-refractivity contribution >= 4 is 28.4 Å². The molecule has 3 nitrogen and oxygen atoms in total. The fourth-order valence-corrected chi connectivity index (χ4v) is 2.63. The number of fused-ring (bicyclic) bond motifs is 2. The number of halogens is 1. The van der Waals surface area contributed by atoms with Gasteiger partial charge in [0.2, 0.25) is 5.89 Å². The topological polar surface area (TPSA) is 38.1 Å². The van der Waals surface area contributed by atoms with Crippen LogP contribution >= 0.6 is 11.6 Å². The van der Waals surface area contributed by atoms with Gasteiger partial charge in [-0.25, -0.2) is 4.98 Å². The Labute approximate surface area is 115 Å². The van der Waals surface area contributed by atoms with Crippen molar-refractivity contribution in [3.05, 3.63) is 47.0 Å². The minimum atomic E-state index is 0.645. The second-order valence-electron chi connectivity index (χ2n) is 4.68. The summed E-state index contributed by atoms with van der Waals surface area (Å²) in [5, 5.41) is 4.02. The Bertz CT molecular complexity index is 779. The molecule has 0 unspecified atom stereocenters. The van der Waals surface area contributed by atoms with Crippen molar-refractivity contribution in [2.24, 2.45) is 0 Å². The number of aromatic nitrogens is 1. The van der Waals surface area contributed by atoms with E-state index in [0.29, 0.717) is 10.9 Å². The first-order valence-electron chi connectivity index (χ1n) is 6.23. The van der Waals surface area contributed by atoms with Crippen molar-refractivity contribution in [2.45, 2.75) is 6.42 Å². The van der Waals surface area contributed by atoms with Crippen LogP contribution in [0.5, 0.6) is 0 Å². The maximum absolute atomic E-state index is 5.96. The molecule has 0 fully saturated rings. The first-order valence-corrected chi connectivity index (χ1v) is 6.61. The van der Waals surface area contributed by atoms with Crippen LogP contribution in [0.2, 0.25) is 5.02 Å². The lowest BCUT2D eigenvalue weighted by Crippen LogP contribution is -1.90. The van der Waals surface area contributed by atoms with Gasteiger partial charge in [-0.1, -0.05) is 11.6 Å². The first kappa shape index (κ1) is 10.9. The van der Waals surface area contributed by atoms with Crippen LogP contribution in [-0.4, -0.2) is 11.5 Å². The van der Waals surface area contributed by atoms with Gasteiger partial charge in [-0.2, -0.15) is 0 Å². The molecule has 0 amide bonds. The highest BCUT2D eigenvalue weighted by atomic mass is 35.5. The van der Waals surface area contributed by atoms with E-state index in [1.807, 2.05) is 24.3 Å². The van der Waals surface area contributed by atoms with E-state index in [4.69, 9.17) is 16.0 Å². The molecular weight excluding hydrogens is 260 g/mol. The molecule has 1 aliphatic heterocycles. The summed E-state index contributed by atoms with van der Waals surface area (Å²) >= 11 is 5.96. The molecule has 0 spiro atoms. The number of rotatable bonds is 1. The van der Waals surface area contributed by atoms with Crippen LogP contribution in [0.25, 0.3) is 22.6 Å². The Hall–Kier alpha value is -2.00. The Balaban J connectivity index is 1.85. The zero-order valence-electron chi connectivity index (χ0n) is 10.1. The van der Waals surface area contributed by atoms with Crippen LogP contribution in [0, 0.1) is 0 Å². The van der Waals surface area contributed by atoms with Gasteiger partial charge < -0.3 is 9.73 Å². The summed E-state index contributed by atoms with van der Waals surface area (Å²) in [6.07, 6.45) is 1.05. The number of nitrogens with one attached hydrogen (secondary N) is 1. The van der Waals surface area contributed by atoms with Crippen LogP contribution < -0.4 is 5.32 Å². The molecule has 1 aliphatic rings. The largest absolute Gasteiger partial charge is 0.436 e. The van der Waals surface area contributed by atoms with Crippen LogP contribution in [0.15, 0.2) is 40.8 Å². The lowest BCUT2D eigenvalue weighted by molar-refractivity contribution is 0.620. The predicted molar refractivity (Wildman–Crippen MR) is 76.6 cm³/mol. The number of hydrogen-bond acceptors (Lipinski definition) is 3. The minimum absolute atomic E-state index is 0.645. The van der Waals surface area contributed by atoms with Crippen molar-refractivity contribution in [3.8, 4) is 11.5 Å². The van der Waals surface area contributed by atoms with Crippen molar-refractivity contribution in [1.82, 2.24) is 4.98 Å². The molecule has 4 heteroatoms. The Morgan fingerprint density at radius 2 is 2.11 bits per heavy atom. The second-order valence-corrected chi connectivity index (χ2v) is 5.12. The summed E-state index contributed by atoms with van der Waals surface area (Å²) in [7, 11) is 0. The quantitative estimate of drug-likeness (QED) is 0.723. The highest BCUT2D eigenvalue weighted by molar-refractivity contribution is 6.31. The number of hydrogen-bond donors (Lipinski definition) is 1. The molecule has 3 aromatic rings. The van der Waals surface area contributed by atoms with Gasteiger partial charge in [0.1, 0.15) is 5.52 Å². The predicted octanol–water partition coefficient (Wildman–Crippen LogP) is 4.12. The van der Waals surface area contributed by atoms with E-state index < -0.39 is 0 Å². The maximum atomic E-state index is 5.96. The van der Waals surface area contributed by atoms with Gasteiger partial charge in [-0.05, 0) is 48.4 Å². The molecule has 4 rings (SSSR count). The molecule has 0 aliphatic carbocycles. The Morgan fingerprint density at radius 3 is 3.05 bits per heavy atom. The maximum Gasteiger partial charge on any atom is 0.227 e. The summed E-state index contributed by atoms with van der Waals surface area (Å²) in [4.78, 5) is 4.50. The van der Waals surface area contributed by atoms with E-state index >= 15 is 0 Å². The molecule has 0 atom stereocenters. The van der Waals surface area contributed by atoms with Crippen molar-refractivity contribution in [2.75, 3.05) is 11.9 Å². The van der Waals surface area contributed by atoms with Gasteiger partial charge in [0.05, 0.1) is 0 Å². The molecular formula is C15H11ClN2O. The van der Waals surface area contributed by atoms with E-state index in [1.54, 1.807) is 0 Å². The summed E-state index contributed by atoms with van der Waals surface area (Å²) < 4.78 is 5.78. The van der Waals surface area contributed by atoms with E-state index in [9.17, 15) is 0 Å². The van der Waals surface area contributed by atoms with Crippen LogP contribution in [0.1, 0.15) is 5.56 Å². The Kier molecular flexibility index (Phi) is 2.29. The van der Waals surface area contributed by atoms with Crippen molar-refractivity contribution < 1.29 is 4.42 Å². The van der Waals surface area contributed by atoms with Crippen molar-refractivity contribution in [3.63, 3.8) is 0 Å². The lowest BCUT2D eigenvalue weighted by atomic mass is 10.1. The molecule has 0 radical (unpaired) electrons. The molecule has 0 saturated heterocycles. The molecule has 0 bridgehead atoms. The van der Waals surface area contributed by atoms with Gasteiger partial charge >= 0.3 is 0 Å². The third-order valence-electron chi connectivity index (χ3n) is 3.41. The molecule has 0 saturated carbocycles.